The number of ether oxygens (including phenoxy) is 6. The van der Waals surface area contributed by atoms with Gasteiger partial charge in [-0.1, -0.05) is 0 Å². The van der Waals surface area contributed by atoms with E-state index in [1.165, 1.54) is 25.7 Å². The predicted molar refractivity (Wildman–Crippen MR) is 175 cm³/mol. The summed E-state index contributed by atoms with van der Waals surface area (Å²) < 4.78 is 31.2. The summed E-state index contributed by atoms with van der Waals surface area (Å²) in [5.41, 5.74) is 18.8. The molecule has 18 nitrogen and oxygen atoms in total. The molecule has 0 aromatic heterocycles. The summed E-state index contributed by atoms with van der Waals surface area (Å²) in [6, 6.07) is 0.431. The molecule has 1 aliphatic heterocycles. The van der Waals surface area contributed by atoms with E-state index in [2.05, 4.69) is 39.6 Å². The molecule has 8 N–H and O–H groups in total. The molecule has 0 aromatic carbocycles. The zero-order valence-corrected chi connectivity index (χ0v) is 35.3. The zero-order chi connectivity index (χ0) is 40.7. The summed E-state index contributed by atoms with van der Waals surface area (Å²) in [5.74, 6) is -7.17. The number of nitrogens with two attached hydrogens (primary N) is 4. The summed E-state index contributed by atoms with van der Waals surface area (Å²) >= 11 is 4.51. The molecule has 3 fully saturated rings. The number of hydrogen-bond donors (Lipinski definition) is 4. The fourth-order valence-electron chi connectivity index (χ4n) is 5.63. The van der Waals surface area contributed by atoms with Gasteiger partial charge in [-0.25, -0.2) is 0 Å². The number of carbonyl (C=O) groups excluding carboxylic acids is 4. The first-order chi connectivity index (χ1) is 25.4. The second-order valence-corrected chi connectivity index (χ2v) is 17.7. The van der Waals surface area contributed by atoms with Gasteiger partial charge < -0.3 is 68.0 Å². The van der Waals surface area contributed by atoms with Crippen LogP contribution in [0.1, 0.15) is 77.0 Å². The Balaban J connectivity index is 0.000000648. The third-order valence-electron chi connectivity index (χ3n) is 9.55. The molecule has 0 radical (unpaired) electrons. The molecule has 1 saturated heterocycles. The van der Waals surface area contributed by atoms with Crippen molar-refractivity contribution in [3.63, 3.8) is 0 Å². The van der Waals surface area contributed by atoms with Crippen LogP contribution in [0.25, 0.3) is 0 Å². The van der Waals surface area contributed by atoms with Gasteiger partial charge >= 0.3 is 134 Å². The topological polar surface area (TPSA) is 320 Å². The first-order valence-corrected chi connectivity index (χ1v) is 20.4. The van der Waals surface area contributed by atoms with E-state index in [4.69, 9.17) is 51.4 Å². The van der Waals surface area contributed by atoms with E-state index in [9.17, 15) is 39.6 Å². The average Bonchev–Trinajstić information content (AvgIpc) is 3.09. The molecule has 0 aromatic rings. The van der Waals surface area contributed by atoms with Crippen LogP contribution >= 0.6 is 0 Å². The third kappa shape index (κ3) is 18.4. The van der Waals surface area contributed by atoms with Gasteiger partial charge in [-0.3, -0.25) is 0 Å². The maximum Gasteiger partial charge on any atom is 0.0701 e. The van der Waals surface area contributed by atoms with Crippen molar-refractivity contribution in [2.75, 3.05) is 79.3 Å². The van der Waals surface area contributed by atoms with E-state index >= 15 is 0 Å². The first-order valence-electron chi connectivity index (χ1n) is 18.2. The van der Waals surface area contributed by atoms with Crippen molar-refractivity contribution in [1.82, 2.24) is 0 Å². The minimum atomic E-state index is -2.27. The molecule has 3 rings (SSSR count). The van der Waals surface area contributed by atoms with Crippen molar-refractivity contribution in [3.8, 4) is 0 Å². The molecular weight excluding hydrogens is 1080 g/mol. The number of hydrogen-bond acceptors (Lipinski definition) is 18. The average molecular weight is 1140 g/mol. The molecule has 1 heterocycles. The molecule has 3 aliphatic rings. The number of carboxylic acid groups (broad SMARTS) is 4. The van der Waals surface area contributed by atoms with Gasteiger partial charge in [-0.15, -0.1) is 0 Å². The molecule has 0 amide bonds. The van der Waals surface area contributed by atoms with E-state index in [0.29, 0.717) is 0 Å². The Morgan fingerprint density at radius 1 is 0.426 bits per heavy atom. The van der Waals surface area contributed by atoms with Crippen molar-refractivity contribution >= 4 is 23.9 Å². The van der Waals surface area contributed by atoms with Crippen LogP contribution in [0.2, 0.25) is 0 Å². The van der Waals surface area contributed by atoms with Gasteiger partial charge in [0.25, 0.3) is 0 Å². The summed E-state index contributed by atoms with van der Waals surface area (Å²) in [5, 5.41) is 46.2. The van der Waals surface area contributed by atoms with Crippen LogP contribution in [0.4, 0.5) is 0 Å². The predicted octanol–water partition coefficient (Wildman–Crippen LogP) is -5.19. The molecule has 54 heavy (non-hydrogen) atoms. The smallest absolute Gasteiger partial charge is 0.0701 e. The maximum atomic E-state index is 11.5. The standard InChI is InChI=1S/C22H36O14.2C6H13N2.2Pt/c23-17(24)21(18(25)26)1-5-31-9-13-35-15-11-33-7-3-22(19(27)28,20(29)30)4-8-34-12-16-36-14-10-32-6-2-21;2*7-5-3-1-2-4-6(5)8;;/h1-16H2,(H,23,24)(H,25,26)(H,27,28)(H,29,30);2*5H,1-4,7-8H2;;/q;;;2*+2/p-4/t;2*5-;;/m.10../s1. The van der Waals surface area contributed by atoms with Crippen molar-refractivity contribution in [3.05, 3.63) is 0 Å². The van der Waals surface area contributed by atoms with Crippen molar-refractivity contribution in [2.45, 2.75) is 97.0 Å². The summed E-state index contributed by atoms with van der Waals surface area (Å²) in [6.07, 6.45) is 7.78. The Bertz CT molecular complexity index is 980. The summed E-state index contributed by atoms with van der Waals surface area (Å²) in [7, 11) is 0. The maximum absolute atomic E-state index is 11.5. The molecule has 20 heteroatoms. The van der Waals surface area contributed by atoms with Crippen LogP contribution in [0, 0.1) is 10.8 Å². The molecular formula is C34H58N4O14Pt2. The molecule has 2 saturated carbocycles. The molecule has 0 unspecified atom stereocenters. The van der Waals surface area contributed by atoms with E-state index < -0.39 is 60.4 Å². The van der Waals surface area contributed by atoms with Crippen LogP contribution in [0.15, 0.2) is 0 Å². The van der Waals surface area contributed by atoms with Gasteiger partial charge in [0, 0.05) is 26.4 Å². The zero-order valence-electron chi connectivity index (χ0n) is 30.8. The van der Waals surface area contributed by atoms with Gasteiger partial charge in [-0.2, -0.15) is 0 Å². The van der Waals surface area contributed by atoms with E-state index in [0.717, 1.165) is 25.7 Å². The third-order valence-corrected chi connectivity index (χ3v) is 12.4. The Morgan fingerprint density at radius 2 is 0.648 bits per heavy atom. The Hall–Kier alpha value is -1.14. The SMILES string of the molecule is N[C@@H]1CCCC[C@]1(N)[Pt+2].N[C@H]1CCCC[C@@]1(N)[Pt+2].O=C([O-])C1(C(=O)[O-])CCOCCOCCOCCC(C(=O)[O-])(C(=O)[O-])CCOCCOCCOCC1. The molecule has 0 spiro atoms. The number of rotatable bonds is 4. The van der Waals surface area contributed by atoms with Crippen molar-refractivity contribution in [1.29, 1.82) is 0 Å². The molecule has 318 valence electrons. The van der Waals surface area contributed by atoms with Gasteiger partial charge in [0.05, 0.1) is 87.6 Å². The minimum absolute atomic E-state index is 0.0303. The van der Waals surface area contributed by atoms with Crippen molar-refractivity contribution < 1.29 is 108 Å². The number of carbonyl (C=O) groups is 4. The van der Waals surface area contributed by atoms with Gasteiger partial charge in [-0.05, 0) is 25.7 Å². The second-order valence-electron chi connectivity index (χ2n) is 13.4. The van der Waals surface area contributed by atoms with Gasteiger partial charge in [0.1, 0.15) is 0 Å². The van der Waals surface area contributed by atoms with Gasteiger partial charge in [0.15, 0.2) is 0 Å². The molecule has 0 bridgehead atoms. The minimum Gasteiger partial charge on any atom is -0.549 e. The number of aliphatic carboxylic acids is 4. The fraction of sp³-hybridized carbons (Fsp3) is 0.882. The largest absolute Gasteiger partial charge is 0.549 e. The molecule has 2 aliphatic carbocycles. The summed E-state index contributed by atoms with van der Waals surface area (Å²) in [6.45, 7) is -0.399. The van der Waals surface area contributed by atoms with Gasteiger partial charge in [0.2, 0.25) is 0 Å². The monoisotopic (exact) mass is 1140 g/mol. The van der Waals surface area contributed by atoms with E-state index in [1.54, 1.807) is 0 Å². The Labute approximate surface area is 340 Å². The van der Waals surface area contributed by atoms with Crippen LogP contribution < -0.4 is 43.4 Å². The van der Waals surface area contributed by atoms with Crippen LogP contribution in [-0.2, 0) is 87.2 Å². The second kappa shape index (κ2) is 26.7. The summed E-state index contributed by atoms with van der Waals surface area (Å²) in [4.78, 5) is 46.2. The first kappa shape index (κ1) is 50.9. The van der Waals surface area contributed by atoms with Crippen LogP contribution in [0.3, 0.4) is 0 Å². The van der Waals surface area contributed by atoms with E-state index in [-0.39, 0.29) is 99.2 Å². The van der Waals surface area contributed by atoms with Crippen molar-refractivity contribution in [2.24, 2.45) is 33.8 Å². The Kier molecular flexibility index (Phi) is 25.2. The van der Waals surface area contributed by atoms with E-state index in [1.807, 2.05) is 0 Å². The normalized spacial score (nSPS) is 30.0. The number of carboxylic acids is 4. The molecule has 4 atom stereocenters. The van der Waals surface area contributed by atoms with Crippen LogP contribution in [-0.4, -0.2) is 123 Å². The quantitative estimate of drug-likeness (QED) is 0.191. The van der Waals surface area contributed by atoms with Crippen LogP contribution in [0.5, 0.6) is 0 Å². The fourth-order valence-corrected chi connectivity index (χ4v) is 7.09. The Morgan fingerprint density at radius 3 is 0.815 bits per heavy atom.